The van der Waals surface area contributed by atoms with Crippen LogP contribution >= 0.6 is 15.9 Å². The predicted molar refractivity (Wildman–Crippen MR) is 71.5 cm³/mol. The van der Waals surface area contributed by atoms with Crippen LogP contribution in [-0.4, -0.2) is 32.3 Å². The van der Waals surface area contributed by atoms with Crippen LogP contribution in [0.4, 0.5) is 4.39 Å². The second kappa shape index (κ2) is 5.88. The van der Waals surface area contributed by atoms with Gasteiger partial charge in [0.25, 0.3) is 5.91 Å². The van der Waals surface area contributed by atoms with Crippen molar-refractivity contribution >= 4 is 21.8 Å². The molecule has 0 aliphatic carbocycles. The first-order chi connectivity index (χ1) is 8.98. The minimum Gasteiger partial charge on any atom is -0.481 e. The van der Waals surface area contributed by atoms with Gasteiger partial charge in [0.05, 0.1) is 13.2 Å². The minimum atomic E-state index is -0.499. The fraction of sp³-hybridized carbons (Fsp3) is 0.462. The lowest BCUT2D eigenvalue weighted by atomic mass is 9.89. The Morgan fingerprint density at radius 2 is 2.32 bits per heavy atom. The zero-order valence-corrected chi connectivity index (χ0v) is 12.1. The summed E-state index contributed by atoms with van der Waals surface area (Å²) in [6.07, 6.45) is 0. The molecule has 19 heavy (non-hydrogen) atoms. The summed E-state index contributed by atoms with van der Waals surface area (Å²) >= 11 is 3.15. The summed E-state index contributed by atoms with van der Waals surface area (Å²) in [6, 6.07) is 4.43. The number of hydrogen-bond donors (Lipinski definition) is 1. The Labute approximate surface area is 119 Å². The van der Waals surface area contributed by atoms with E-state index in [-0.39, 0.29) is 23.7 Å². The molecule has 0 spiro atoms. The van der Waals surface area contributed by atoms with Crippen molar-refractivity contribution in [1.82, 2.24) is 5.32 Å². The third kappa shape index (κ3) is 3.91. The van der Waals surface area contributed by atoms with Gasteiger partial charge in [-0.2, -0.15) is 0 Å². The van der Waals surface area contributed by atoms with E-state index in [0.29, 0.717) is 24.2 Å². The van der Waals surface area contributed by atoms with Crippen molar-refractivity contribution in [3.8, 4) is 5.75 Å². The van der Waals surface area contributed by atoms with Crippen molar-refractivity contribution in [3.05, 3.63) is 28.5 Å². The van der Waals surface area contributed by atoms with Crippen LogP contribution in [0.15, 0.2) is 22.7 Å². The molecular weight excluding hydrogens is 317 g/mol. The van der Waals surface area contributed by atoms with Gasteiger partial charge >= 0.3 is 0 Å². The lowest BCUT2D eigenvalue weighted by Crippen LogP contribution is -2.49. The first-order valence-corrected chi connectivity index (χ1v) is 6.70. The molecule has 1 aliphatic rings. The Kier molecular flexibility index (Phi) is 4.42. The lowest BCUT2D eigenvalue weighted by molar-refractivity contribution is -0.128. The molecule has 2 rings (SSSR count). The number of benzene rings is 1. The van der Waals surface area contributed by atoms with E-state index in [1.807, 2.05) is 6.92 Å². The highest BCUT2D eigenvalue weighted by Gasteiger charge is 2.33. The summed E-state index contributed by atoms with van der Waals surface area (Å²) in [4.78, 5) is 11.6. The van der Waals surface area contributed by atoms with E-state index >= 15 is 0 Å². The van der Waals surface area contributed by atoms with Gasteiger partial charge in [-0.25, -0.2) is 4.39 Å². The fourth-order valence-corrected chi connectivity index (χ4v) is 1.98. The molecule has 4 nitrogen and oxygen atoms in total. The van der Waals surface area contributed by atoms with Crippen molar-refractivity contribution in [1.29, 1.82) is 0 Å². The number of carbonyl (C=O) groups is 1. The van der Waals surface area contributed by atoms with E-state index in [1.165, 1.54) is 12.1 Å². The molecule has 0 unspecified atom stereocenters. The summed E-state index contributed by atoms with van der Waals surface area (Å²) in [5, 5.41) is 2.75. The topological polar surface area (TPSA) is 47.6 Å². The van der Waals surface area contributed by atoms with Gasteiger partial charge in [-0.1, -0.05) is 22.9 Å². The highest BCUT2D eigenvalue weighted by molar-refractivity contribution is 9.10. The molecule has 1 amide bonds. The molecule has 104 valence electrons. The standard InChI is InChI=1S/C13H15BrFNO3/c1-13(7-18-8-13)6-16-12(17)5-19-11-3-2-9(14)4-10(11)15/h2-4H,5-8H2,1H3,(H,16,17). The molecular formula is C13H15BrFNO3. The first kappa shape index (κ1) is 14.3. The highest BCUT2D eigenvalue weighted by Crippen LogP contribution is 2.25. The van der Waals surface area contributed by atoms with Gasteiger partial charge < -0.3 is 14.8 Å². The van der Waals surface area contributed by atoms with E-state index < -0.39 is 5.82 Å². The molecule has 0 radical (unpaired) electrons. The molecule has 0 bridgehead atoms. The average molecular weight is 332 g/mol. The van der Waals surface area contributed by atoms with Crippen LogP contribution in [0.2, 0.25) is 0 Å². The van der Waals surface area contributed by atoms with Crippen LogP contribution in [0, 0.1) is 11.2 Å². The molecule has 1 aromatic carbocycles. The van der Waals surface area contributed by atoms with Gasteiger partial charge in [-0.3, -0.25) is 4.79 Å². The van der Waals surface area contributed by atoms with Crippen LogP contribution in [0.25, 0.3) is 0 Å². The van der Waals surface area contributed by atoms with Crippen LogP contribution in [-0.2, 0) is 9.53 Å². The Hall–Kier alpha value is -1.14. The molecule has 6 heteroatoms. The van der Waals surface area contributed by atoms with Crippen LogP contribution < -0.4 is 10.1 Å². The van der Waals surface area contributed by atoms with E-state index in [4.69, 9.17) is 9.47 Å². The number of carbonyl (C=O) groups excluding carboxylic acids is 1. The predicted octanol–water partition coefficient (Wildman–Crippen LogP) is 2.12. The smallest absolute Gasteiger partial charge is 0.257 e. The molecule has 1 heterocycles. The molecule has 1 aliphatic heterocycles. The van der Waals surface area contributed by atoms with Crippen molar-refractivity contribution in [2.24, 2.45) is 5.41 Å². The van der Waals surface area contributed by atoms with E-state index in [2.05, 4.69) is 21.2 Å². The molecule has 1 fully saturated rings. The Bertz CT molecular complexity index is 477. The normalized spacial score (nSPS) is 16.6. The van der Waals surface area contributed by atoms with Gasteiger partial charge in [-0.15, -0.1) is 0 Å². The van der Waals surface area contributed by atoms with Gasteiger partial charge in [0.2, 0.25) is 0 Å². The van der Waals surface area contributed by atoms with Crippen LogP contribution in [0.3, 0.4) is 0 Å². The molecule has 0 aromatic heterocycles. The maximum absolute atomic E-state index is 13.4. The van der Waals surface area contributed by atoms with Gasteiger partial charge in [0.1, 0.15) is 0 Å². The van der Waals surface area contributed by atoms with Crippen LogP contribution in [0.5, 0.6) is 5.75 Å². The van der Waals surface area contributed by atoms with Crippen molar-refractivity contribution < 1.29 is 18.7 Å². The minimum absolute atomic E-state index is 0.0124. The quantitative estimate of drug-likeness (QED) is 0.899. The summed E-state index contributed by atoms with van der Waals surface area (Å²) in [7, 11) is 0. The van der Waals surface area contributed by atoms with E-state index in [0.717, 1.165) is 0 Å². The number of hydrogen-bond acceptors (Lipinski definition) is 3. The maximum atomic E-state index is 13.4. The van der Waals surface area contributed by atoms with E-state index in [9.17, 15) is 9.18 Å². The fourth-order valence-electron chi connectivity index (χ4n) is 1.65. The second-order valence-corrected chi connectivity index (χ2v) is 5.86. The number of nitrogens with one attached hydrogen (secondary N) is 1. The molecule has 1 N–H and O–H groups in total. The number of ether oxygens (including phenoxy) is 2. The molecule has 0 atom stereocenters. The van der Waals surface area contributed by atoms with Crippen LogP contribution in [0.1, 0.15) is 6.92 Å². The van der Waals surface area contributed by atoms with Gasteiger partial charge in [0.15, 0.2) is 18.2 Å². The summed E-state index contributed by atoms with van der Waals surface area (Å²) in [6.45, 7) is 3.67. The first-order valence-electron chi connectivity index (χ1n) is 5.91. The zero-order valence-electron chi connectivity index (χ0n) is 10.5. The third-order valence-electron chi connectivity index (χ3n) is 2.87. The third-order valence-corrected chi connectivity index (χ3v) is 3.36. The van der Waals surface area contributed by atoms with Crippen molar-refractivity contribution in [2.45, 2.75) is 6.92 Å². The Morgan fingerprint density at radius 1 is 1.58 bits per heavy atom. The average Bonchev–Trinajstić information content (AvgIpc) is 2.33. The summed E-state index contributed by atoms with van der Waals surface area (Å²) < 4.78 is 24.3. The number of rotatable bonds is 5. The Balaban J connectivity index is 1.76. The Morgan fingerprint density at radius 3 is 2.89 bits per heavy atom. The molecule has 1 aromatic rings. The number of halogens is 2. The monoisotopic (exact) mass is 331 g/mol. The molecule has 0 saturated carbocycles. The summed E-state index contributed by atoms with van der Waals surface area (Å²) in [5.41, 5.74) is 0.0124. The zero-order chi connectivity index (χ0) is 13.9. The van der Waals surface area contributed by atoms with Crippen molar-refractivity contribution in [3.63, 3.8) is 0 Å². The summed E-state index contributed by atoms with van der Waals surface area (Å²) in [5.74, 6) is -0.700. The largest absolute Gasteiger partial charge is 0.481 e. The van der Waals surface area contributed by atoms with Gasteiger partial charge in [-0.05, 0) is 18.2 Å². The maximum Gasteiger partial charge on any atom is 0.257 e. The lowest BCUT2D eigenvalue weighted by Gasteiger charge is -2.37. The second-order valence-electron chi connectivity index (χ2n) is 4.94. The van der Waals surface area contributed by atoms with Crippen molar-refractivity contribution in [2.75, 3.05) is 26.4 Å². The SMILES string of the molecule is CC1(CNC(=O)COc2ccc(Br)cc2F)COC1. The van der Waals surface area contributed by atoms with E-state index in [1.54, 1.807) is 6.07 Å². The highest BCUT2D eigenvalue weighted by atomic mass is 79.9. The van der Waals surface area contributed by atoms with Gasteiger partial charge in [0, 0.05) is 16.4 Å². The molecule has 1 saturated heterocycles. The number of amides is 1.